The molecule has 124 valence electrons. The lowest BCUT2D eigenvalue weighted by Crippen LogP contribution is -2.48. The molecule has 2 rings (SSSR count). The molecule has 0 aliphatic carbocycles. The lowest BCUT2D eigenvalue weighted by atomic mass is 10.2. The van der Waals surface area contributed by atoms with Crippen LogP contribution in [0.25, 0.3) is 0 Å². The average molecular weight is 324 g/mol. The Hall–Kier alpha value is -2.75. The number of carbonyl (C=O) groups is 1. The summed E-state index contributed by atoms with van der Waals surface area (Å²) in [5.41, 5.74) is -0.260. The minimum absolute atomic E-state index is 0.173. The topological polar surface area (TPSA) is 119 Å². The van der Waals surface area contributed by atoms with E-state index in [0.717, 1.165) is 6.07 Å². The van der Waals surface area contributed by atoms with Crippen molar-refractivity contribution >= 4 is 23.0 Å². The number of nitro benzene ring substituents is 2. The third-order valence-electron chi connectivity index (χ3n) is 3.66. The highest BCUT2D eigenvalue weighted by atomic mass is 16.6. The lowest BCUT2D eigenvalue weighted by Gasteiger charge is -2.35. The van der Waals surface area contributed by atoms with Crippen LogP contribution in [0.3, 0.4) is 0 Å². The summed E-state index contributed by atoms with van der Waals surface area (Å²) in [5.74, 6) is -0.334. The molecule has 0 radical (unpaired) electrons. The van der Waals surface area contributed by atoms with E-state index in [2.05, 4.69) is 4.74 Å². The van der Waals surface area contributed by atoms with Gasteiger partial charge in [-0.25, -0.2) is 0 Å². The number of ether oxygens (including phenoxy) is 1. The Balaban J connectivity index is 2.12. The van der Waals surface area contributed by atoms with E-state index in [1.165, 1.54) is 19.2 Å². The third-order valence-corrected chi connectivity index (χ3v) is 3.66. The predicted molar refractivity (Wildman–Crippen MR) is 80.4 cm³/mol. The number of nitro groups is 2. The summed E-state index contributed by atoms with van der Waals surface area (Å²) >= 11 is 0. The molecule has 0 bridgehead atoms. The Bertz CT molecular complexity index is 627. The fourth-order valence-corrected chi connectivity index (χ4v) is 2.43. The van der Waals surface area contributed by atoms with Gasteiger partial charge in [-0.2, -0.15) is 0 Å². The van der Waals surface area contributed by atoms with Crippen molar-refractivity contribution in [2.75, 3.05) is 44.7 Å². The van der Waals surface area contributed by atoms with Gasteiger partial charge in [-0.1, -0.05) is 0 Å². The first kappa shape index (κ1) is 16.6. The zero-order valence-corrected chi connectivity index (χ0v) is 12.5. The number of carbonyl (C=O) groups excluding carboxylic acids is 1. The maximum absolute atomic E-state index is 11.2. The van der Waals surface area contributed by atoms with E-state index in [1.807, 2.05) is 4.90 Å². The smallest absolute Gasteiger partial charge is 0.319 e. The monoisotopic (exact) mass is 324 g/mol. The van der Waals surface area contributed by atoms with Crippen molar-refractivity contribution in [2.45, 2.75) is 0 Å². The Morgan fingerprint density at radius 2 is 1.83 bits per heavy atom. The van der Waals surface area contributed by atoms with Gasteiger partial charge in [-0.15, -0.1) is 0 Å². The highest BCUT2D eigenvalue weighted by Gasteiger charge is 2.26. The molecule has 10 nitrogen and oxygen atoms in total. The van der Waals surface area contributed by atoms with Crippen molar-refractivity contribution in [3.63, 3.8) is 0 Å². The second kappa shape index (κ2) is 7.01. The van der Waals surface area contributed by atoms with E-state index in [0.29, 0.717) is 31.9 Å². The first-order valence-electron chi connectivity index (χ1n) is 6.89. The van der Waals surface area contributed by atoms with Crippen molar-refractivity contribution in [3.8, 4) is 0 Å². The summed E-state index contributed by atoms with van der Waals surface area (Å²) in [6.07, 6.45) is 0. The fraction of sp³-hybridized carbons (Fsp3) is 0.462. The van der Waals surface area contributed by atoms with Crippen LogP contribution in [-0.2, 0) is 9.53 Å². The van der Waals surface area contributed by atoms with Crippen molar-refractivity contribution in [3.05, 3.63) is 38.4 Å². The van der Waals surface area contributed by atoms with Crippen LogP contribution in [0.5, 0.6) is 0 Å². The molecule has 1 aliphatic rings. The van der Waals surface area contributed by atoms with Crippen LogP contribution >= 0.6 is 0 Å². The first-order chi connectivity index (χ1) is 10.9. The number of anilines is 1. The molecule has 0 saturated carbocycles. The molecule has 0 spiro atoms. The number of esters is 1. The Labute approximate surface area is 131 Å². The van der Waals surface area contributed by atoms with Crippen LogP contribution in [0.4, 0.5) is 17.1 Å². The number of hydrogen-bond donors (Lipinski definition) is 0. The Morgan fingerprint density at radius 1 is 1.17 bits per heavy atom. The summed E-state index contributed by atoms with van der Waals surface area (Å²) in [6.45, 7) is 2.23. The molecule has 0 aromatic heterocycles. The van der Waals surface area contributed by atoms with Crippen molar-refractivity contribution in [2.24, 2.45) is 0 Å². The average Bonchev–Trinajstić information content (AvgIpc) is 2.54. The number of nitrogens with zero attached hydrogens (tertiary/aromatic N) is 4. The number of hydrogen-bond acceptors (Lipinski definition) is 8. The molecule has 0 atom stereocenters. The van der Waals surface area contributed by atoms with Crippen molar-refractivity contribution in [1.82, 2.24) is 4.90 Å². The van der Waals surface area contributed by atoms with Gasteiger partial charge in [0.05, 0.1) is 29.6 Å². The number of methoxy groups -OCH3 is 1. The molecule has 1 aromatic rings. The van der Waals surface area contributed by atoms with E-state index >= 15 is 0 Å². The third kappa shape index (κ3) is 3.92. The van der Waals surface area contributed by atoms with Crippen molar-refractivity contribution < 1.29 is 19.4 Å². The Kier molecular flexibility index (Phi) is 5.06. The summed E-state index contributed by atoms with van der Waals surface area (Å²) in [4.78, 5) is 35.6. The van der Waals surface area contributed by atoms with Gasteiger partial charge >= 0.3 is 5.97 Å². The summed E-state index contributed by atoms with van der Waals surface area (Å²) in [5, 5.41) is 21.9. The van der Waals surface area contributed by atoms with Gasteiger partial charge < -0.3 is 9.64 Å². The van der Waals surface area contributed by atoms with Crippen molar-refractivity contribution in [1.29, 1.82) is 0 Å². The SMILES string of the molecule is COC(=O)CN1CCN(c2ccc([N+](=O)[O-])cc2[N+](=O)[O-])CC1. The quantitative estimate of drug-likeness (QED) is 0.443. The van der Waals surface area contributed by atoms with Crippen LogP contribution in [0.15, 0.2) is 18.2 Å². The maximum atomic E-state index is 11.2. The molecule has 23 heavy (non-hydrogen) atoms. The van der Waals surface area contributed by atoms with Gasteiger partial charge in [0.2, 0.25) is 0 Å². The van der Waals surface area contributed by atoms with Crippen LogP contribution in [0, 0.1) is 20.2 Å². The molecular formula is C13H16N4O6. The Morgan fingerprint density at radius 3 is 2.35 bits per heavy atom. The molecule has 1 aliphatic heterocycles. The molecule has 1 aromatic carbocycles. The zero-order chi connectivity index (χ0) is 17.0. The van der Waals surface area contributed by atoms with Gasteiger partial charge in [0.25, 0.3) is 11.4 Å². The predicted octanol–water partition coefficient (Wildman–Crippen LogP) is 0.798. The molecule has 0 unspecified atom stereocenters. The van der Waals surface area contributed by atoms with Crippen LogP contribution in [0.1, 0.15) is 0 Å². The summed E-state index contributed by atoms with van der Waals surface area (Å²) < 4.78 is 4.60. The molecule has 0 amide bonds. The largest absolute Gasteiger partial charge is 0.468 e. The highest BCUT2D eigenvalue weighted by molar-refractivity contribution is 5.71. The second-order valence-electron chi connectivity index (χ2n) is 5.03. The zero-order valence-electron chi connectivity index (χ0n) is 12.5. The molecule has 0 N–H and O–H groups in total. The van der Waals surface area contributed by atoms with E-state index in [4.69, 9.17) is 0 Å². The van der Waals surface area contributed by atoms with E-state index in [1.54, 1.807) is 4.90 Å². The number of benzene rings is 1. The van der Waals surface area contributed by atoms with Gasteiger partial charge in [0.15, 0.2) is 0 Å². The minimum Gasteiger partial charge on any atom is -0.468 e. The maximum Gasteiger partial charge on any atom is 0.319 e. The van der Waals surface area contributed by atoms with Gasteiger partial charge in [0.1, 0.15) is 5.69 Å². The molecule has 1 saturated heterocycles. The van der Waals surface area contributed by atoms with Gasteiger partial charge in [0, 0.05) is 32.2 Å². The molecule has 1 fully saturated rings. The van der Waals surface area contributed by atoms with Crippen LogP contribution in [0.2, 0.25) is 0 Å². The minimum atomic E-state index is -0.662. The van der Waals surface area contributed by atoms with E-state index in [-0.39, 0.29) is 23.9 Å². The van der Waals surface area contributed by atoms with E-state index in [9.17, 15) is 25.0 Å². The highest BCUT2D eigenvalue weighted by Crippen LogP contribution is 2.32. The van der Waals surface area contributed by atoms with Crippen LogP contribution in [-0.4, -0.2) is 60.5 Å². The molecule has 1 heterocycles. The molecular weight excluding hydrogens is 308 g/mol. The standard InChI is InChI=1S/C13H16N4O6/c1-23-13(18)9-14-4-6-15(7-5-14)11-3-2-10(16(19)20)8-12(11)17(21)22/h2-3,8H,4-7,9H2,1H3. The normalized spacial score (nSPS) is 15.3. The lowest BCUT2D eigenvalue weighted by molar-refractivity contribution is -0.393. The molecule has 10 heteroatoms. The summed E-state index contributed by atoms with van der Waals surface area (Å²) in [6, 6.07) is 3.62. The van der Waals surface area contributed by atoms with E-state index < -0.39 is 9.85 Å². The van der Waals surface area contributed by atoms with Gasteiger partial charge in [-0.3, -0.25) is 29.9 Å². The number of rotatable bonds is 5. The fourth-order valence-electron chi connectivity index (χ4n) is 2.43. The first-order valence-corrected chi connectivity index (χ1v) is 6.89. The second-order valence-corrected chi connectivity index (χ2v) is 5.03. The number of non-ortho nitro benzene ring substituents is 1. The number of piperazine rings is 1. The van der Waals surface area contributed by atoms with Gasteiger partial charge in [-0.05, 0) is 6.07 Å². The van der Waals surface area contributed by atoms with Crippen LogP contribution < -0.4 is 4.90 Å². The summed E-state index contributed by atoms with van der Waals surface area (Å²) in [7, 11) is 1.32.